The first-order chi connectivity index (χ1) is 8.10. The SMILES string of the molecule is Cc1cc(N(CC#N)CC#N)ccc1C(=O)O. The number of anilines is 1. The highest BCUT2D eigenvalue weighted by Crippen LogP contribution is 2.19. The number of carboxylic acids is 1. The molecule has 0 saturated heterocycles. The number of nitriles is 2. The van der Waals surface area contributed by atoms with Crippen molar-refractivity contribution in [3.8, 4) is 12.1 Å². The molecule has 1 N–H and O–H groups in total. The van der Waals surface area contributed by atoms with Crippen LogP contribution < -0.4 is 4.90 Å². The Morgan fingerprint density at radius 1 is 1.35 bits per heavy atom. The third kappa shape index (κ3) is 2.96. The Kier molecular flexibility index (Phi) is 4.08. The van der Waals surface area contributed by atoms with Crippen LogP contribution >= 0.6 is 0 Å². The van der Waals surface area contributed by atoms with Gasteiger partial charge in [-0.2, -0.15) is 10.5 Å². The van der Waals surface area contributed by atoms with Crippen LogP contribution in [-0.2, 0) is 0 Å². The Labute approximate surface area is 99.1 Å². The molecule has 86 valence electrons. The van der Waals surface area contributed by atoms with Crippen molar-refractivity contribution in [1.29, 1.82) is 10.5 Å². The summed E-state index contributed by atoms with van der Waals surface area (Å²) in [5.41, 5.74) is 1.51. The number of benzene rings is 1. The van der Waals surface area contributed by atoms with Crippen molar-refractivity contribution in [2.24, 2.45) is 0 Å². The summed E-state index contributed by atoms with van der Waals surface area (Å²) < 4.78 is 0. The molecule has 1 rings (SSSR count). The van der Waals surface area contributed by atoms with Crippen LogP contribution in [0.2, 0.25) is 0 Å². The zero-order valence-electron chi connectivity index (χ0n) is 9.34. The molecule has 0 unspecified atom stereocenters. The molecule has 0 atom stereocenters. The van der Waals surface area contributed by atoms with Gasteiger partial charge in [-0.05, 0) is 30.7 Å². The van der Waals surface area contributed by atoms with Crippen LogP contribution in [0.5, 0.6) is 0 Å². The molecule has 5 nitrogen and oxygen atoms in total. The van der Waals surface area contributed by atoms with E-state index >= 15 is 0 Å². The van der Waals surface area contributed by atoms with Gasteiger partial charge in [0.25, 0.3) is 0 Å². The Morgan fingerprint density at radius 2 is 1.94 bits per heavy atom. The number of hydrogen-bond donors (Lipinski definition) is 1. The first-order valence-corrected chi connectivity index (χ1v) is 4.93. The molecule has 5 heteroatoms. The maximum absolute atomic E-state index is 10.8. The smallest absolute Gasteiger partial charge is 0.335 e. The van der Waals surface area contributed by atoms with Gasteiger partial charge in [0.1, 0.15) is 13.1 Å². The van der Waals surface area contributed by atoms with Gasteiger partial charge in [0, 0.05) is 5.69 Å². The van der Waals surface area contributed by atoms with E-state index in [1.807, 2.05) is 12.1 Å². The van der Waals surface area contributed by atoms with E-state index in [0.717, 1.165) is 0 Å². The topological polar surface area (TPSA) is 88.1 Å². The van der Waals surface area contributed by atoms with Gasteiger partial charge in [-0.15, -0.1) is 0 Å². The Bertz CT molecular complexity index is 495. The van der Waals surface area contributed by atoms with Crippen molar-refractivity contribution in [3.63, 3.8) is 0 Å². The summed E-state index contributed by atoms with van der Waals surface area (Å²) in [7, 11) is 0. The second-order valence-corrected chi connectivity index (χ2v) is 3.48. The molecule has 0 aliphatic heterocycles. The molecule has 0 aliphatic rings. The third-order valence-electron chi connectivity index (χ3n) is 2.33. The number of aryl methyl sites for hydroxylation is 1. The lowest BCUT2D eigenvalue weighted by atomic mass is 10.1. The van der Waals surface area contributed by atoms with Gasteiger partial charge < -0.3 is 10.0 Å². The van der Waals surface area contributed by atoms with Gasteiger partial charge in [0.05, 0.1) is 17.7 Å². The molecule has 0 spiro atoms. The number of carboxylic acid groups (broad SMARTS) is 1. The van der Waals surface area contributed by atoms with Crippen LogP contribution in [-0.4, -0.2) is 24.2 Å². The van der Waals surface area contributed by atoms with E-state index < -0.39 is 5.97 Å². The molecule has 0 aliphatic carbocycles. The Morgan fingerprint density at radius 3 is 2.35 bits per heavy atom. The highest BCUT2D eigenvalue weighted by atomic mass is 16.4. The number of hydrogen-bond acceptors (Lipinski definition) is 4. The molecule has 17 heavy (non-hydrogen) atoms. The summed E-state index contributed by atoms with van der Waals surface area (Å²) in [4.78, 5) is 12.4. The minimum atomic E-state index is -0.985. The van der Waals surface area contributed by atoms with Crippen LogP contribution in [0.1, 0.15) is 15.9 Å². The average Bonchev–Trinajstić information content (AvgIpc) is 2.28. The fourth-order valence-corrected chi connectivity index (χ4v) is 1.49. The number of aromatic carboxylic acids is 1. The van der Waals surface area contributed by atoms with Gasteiger partial charge in [0.15, 0.2) is 0 Å². The molecular formula is C12H11N3O2. The van der Waals surface area contributed by atoms with Crippen molar-refractivity contribution < 1.29 is 9.90 Å². The summed E-state index contributed by atoms with van der Waals surface area (Å²) >= 11 is 0. The first kappa shape index (κ1) is 12.5. The maximum Gasteiger partial charge on any atom is 0.335 e. The molecule has 0 saturated carbocycles. The predicted octanol–water partition coefficient (Wildman–Crippen LogP) is 1.55. The second kappa shape index (κ2) is 5.53. The van der Waals surface area contributed by atoms with Crippen LogP contribution in [0.4, 0.5) is 5.69 Å². The standard InChI is InChI=1S/C12H11N3O2/c1-9-8-10(2-3-11(9)12(16)17)15(6-4-13)7-5-14/h2-3,8H,6-7H2,1H3,(H,16,17). The molecule has 1 aromatic carbocycles. The van der Waals surface area contributed by atoms with Crippen LogP contribution in [0.15, 0.2) is 18.2 Å². The fourth-order valence-electron chi connectivity index (χ4n) is 1.49. The van der Waals surface area contributed by atoms with Crippen molar-refractivity contribution in [2.45, 2.75) is 6.92 Å². The molecule has 0 bridgehead atoms. The lowest BCUT2D eigenvalue weighted by Gasteiger charge is -2.18. The average molecular weight is 229 g/mol. The summed E-state index contributed by atoms with van der Waals surface area (Å²) in [6.45, 7) is 1.88. The zero-order chi connectivity index (χ0) is 12.8. The van der Waals surface area contributed by atoms with Gasteiger partial charge in [-0.3, -0.25) is 0 Å². The minimum Gasteiger partial charge on any atom is -0.478 e. The van der Waals surface area contributed by atoms with E-state index in [4.69, 9.17) is 15.6 Å². The number of rotatable bonds is 4. The molecule has 1 aromatic rings. The maximum atomic E-state index is 10.8. The molecule has 0 heterocycles. The lowest BCUT2D eigenvalue weighted by Crippen LogP contribution is -2.23. The van der Waals surface area contributed by atoms with E-state index in [1.54, 1.807) is 24.0 Å². The quantitative estimate of drug-likeness (QED) is 0.791. The van der Waals surface area contributed by atoms with Crippen molar-refractivity contribution in [3.05, 3.63) is 29.3 Å². The monoisotopic (exact) mass is 229 g/mol. The Hall–Kier alpha value is -2.53. The molecule has 0 amide bonds. The predicted molar refractivity (Wildman–Crippen MR) is 61.6 cm³/mol. The zero-order valence-corrected chi connectivity index (χ0v) is 9.34. The van der Waals surface area contributed by atoms with Crippen molar-refractivity contribution in [2.75, 3.05) is 18.0 Å². The number of nitrogens with zero attached hydrogens (tertiary/aromatic N) is 3. The van der Waals surface area contributed by atoms with Gasteiger partial charge in [-0.25, -0.2) is 4.79 Å². The molecule has 0 aromatic heterocycles. The summed E-state index contributed by atoms with van der Waals surface area (Å²) in [6.07, 6.45) is 0. The summed E-state index contributed by atoms with van der Waals surface area (Å²) in [6, 6.07) is 8.68. The van der Waals surface area contributed by atoms with Crippen LogP contribution in [0.3, 0.4) is 0 Å². The van der Waals surface area contributed by atoms with E-state index in [2.05, 4.69) is 0 Å². The normalized spacial score (nSPS) is 9.12. The van der Waals surface area contributed by atoms with E-state index in [0.29, 0.717) is 11.3 Å². The van der Waals surface area contributed by atoms with Crippen molar-refractivity contribution in [1.82, 2.24) is 0 Å². The van der Waals surface area contributed by atoms with Crippen LogP contribution in [0, 0.1) is 29.6 Å². The minimum absolute atomic E-state index is 0.0966. The Balaban J connectivity index is 3.07. The first-order valence-electron chi connectivity index (χ1n) is 4.93. The van der Waals surface area contributed by atoms with E-state index in [1.165, 1.54) is 6.07 Å². The lowest BCUT2D eigenvalue weighted by molar-refractivity contribution is 0.0696. The number of carbonyl (C=O) groups is 1. The summed E-state index contributed by atoms with van der Waals surface area (Å²) in [5, 5.41) is 26.2. The molecular weight excluding hydrogens is 218 g/mol. The van der Waals surface area contributed by atoms with Gasteiger partial charge in [-0.1, -0.05) is 0 Å². The van der Waals surface area contributed by atoms with Gasteiger partial charge in [0.2, 0.25) is 0 Å². The van der Waals surface area contributed by atoms with Crippen LogP contribution in [0.25, 0.3) is 0 Å². The molecule has 0 fully saturated rings. The fraction of sp³-hybridized carbons (Fsp3) is 0.250. The largest absolute Gasteiger partial charge is 0.478 e. The second-order valence-electron chi connectivity index (χ2n) is 3.48. The third-order valence-corrected chi connectivity index (χ3v) is 2.33. The highest BCUT2D eigenvalue weighted by molar-refractivity contribution is 5.89. The summed E-state index contributed by atoms with van der Waals surface area (Å²) in [5.74, 6) is -0.985. The van der Waals surface area contributed by atoms with Crippen molar-refractivity contribution >= 4 is 11.7 Å². The van der Waals surface area contributed by atoms with E-state index in [-0.39, 0.29) is 18.7 Å². The highest BCUT2D eigenvalue weighted by Gasteiger charge is 2.10. The molecule has 0 radical (unpaired) electrons. The van der Waals surface area contributed by atoms with E-state index in [9.17, 15) is 4.79 Å². The van der Waals surface area contributed by atoms with Gasteiger partial charge >= 0.3 is 5.97 Å².